The number of methoxy groups -OCH3 is 2. The number of nitrogens with zero attached hydrogens (tertiary/aromatic N) is 2. The molecule has 0 radical (unpaired) electrons. The zero-order valence-corrected chi connectivity index (χ0v) is 20.4. The number of aromatic nitrogens is 2. The number of carbonyl (C=O) groups excluding carboxylic acids is 1. The molecule has 0 spiro atoms. The van der Waals surface area contributed by atoms with Gasteiger partial charge in [0.05, 0.1) is 31.0 Å². The number of hydrogen-bond acceptors (Lipinski definition) is 7. The quantitative estimate of drug-likeness (QED) is 0.199. The SMILES string of the molecule is C=CCn1c(SCC(=O)Nc2cc(OC)ccc2OC)nc2sc(-c3ccccc3)cc2c1=O. The van der Waals surface area contributed by atoms with Crippen LogP contribution in [0.4, 0.5) is 5.69 Å². The van der Waals surface area contributed by atoms with Crippen molar-refractivity contribution in [1.29, 1.82) is 0 Å². The van der Waals surface area contributed by atoms with Crippen molar-refractivity contribution in [2.45, 2.75) is 11.7 Å². The van der Waals surface area contributed by atoms with Gasteiger partial charge in [0.15, 0.2) is 5.16 Å². The first kappa shape index (κ1) is 23.6. The summed E-state index contributed by atoms with van der Waals surface area (Å²) in [6, 6.07) is 16.9. The van der Waals surface area contributed by atoms with Gasteiger partial charge >= 0.3 is 0 Å². The molecule has 0 aliphatic rings. The summed E-state index contributed by atoms with van der Waals surface area (Å²) in [5.74, 6) is 0.927. The topological polar surface area (TPSA) is 82.5 Å². The fourth-order valence-electron chi connectivity index (χ4n) is 3.37. The van der Waals surface area contributed by atoms with E-state index < -0.39 is 0 Å². The minimum atomic E-state index is -0.257. The van der Waals surface area contributed by atoms with E-state index in [2.05, 4.69) is 11.9 Å². The number of thioether (sulfide) groups is 1. The zero-order valence-electron chi connectivity index (χ0n) is 18.7. The lowest BCUT2D eigenvalue weighted by Gasteiger charge is -2.12. The molecule has 4 aromatic rings. The molecule has 0 saturated heterocycles. The van der Waals surface area contributed by atoms with E-state index in [9.17, 15) is 9.59 Å². The van der Waals surface area contributed by atoms with E-state index in [0.29, 0.717) is 39.1 Å². The molecule has 34 heavy (non-hydrogen) atoms. The van der Waals surface area contributed by atoms with Gasteiger partial charge in [0.2, 0.25) is 5.91 Å². The number of carbonyl (C=O) groups is 1. The number of amides is 1. The Balaban J connectivity index is 1.60. The Morgan fingerprint density at radius 1 is 1.18 bits per heavy atom. The normalized spacial score (nSPS) is 10.8. The average molecular weight is 494 g/mol. The van der Waals surface area contributed by atoms with Crippen LogP contribution >= 0.6 is 23.1 Å². The molecule has 0 aliphatic carbocycles. The maximum absolute atomic E-state index is 13.2. The van der Waals surface area contributed by atoms with Crippen molar-refractivity contribution < 1.29 is 14.3 Å². The van der Waals surface area contributed by atoms with Crippen molar-refractivity contribution in [3.63, 3.8) is 0 Å². The molecular weight excluding hydrogens is 470 g/mol. The first-order valence-electron chi connectivity index (χ1n) is 10.4. The predicted octanol–water partition coefficient (Wildman–Crippen LogP) is 5.06. The number of ether oxygens (including phenoxy) is 2. The number of nitrogens with one attached hydrogen (secondary N) is 1. The van der Waals surface area contributed by atoms with E-state index in [4.69, 9.17) is 14.5 Å². The number of allylic oxidation sites excluding steroid dienone is 1. The van der Waals surface area contributed by atoms with E-state index in [1.807, 2.05) is 36.4 Å². The van der Waals surface area contributed by atoms with Gasteiger partial charge < -0.3 is 14.8 Å². The molecule has 174 valence electrons. The lowest BCUT2D eigenvalue weighted by Crippen LogP contribution is -2.23. The third-order valence-electron chi connectivity index (χ3n) is 5.00. The molecule has 7 nitrogen and oxygen atoms in total. The van der Waals surface area contributed by atoms with Crippen molar-refractivity contribution in [3.8, 4) is 21.9 Å². The highest BCUT2D eigenvalue weighted by molar-refractivity contribution is 7.99. The zero-order chi connectivity index (χ0) is 24.1. The van der Waals surface area contributed by atoms with Crippen LogP contribution in [0.3, 0.4) is 0 Å². The van der Waals surface area contributed by atoms with E-state index in [1.54, 1.807) is 36.0 Å². The van der Waals surface area contributed by atoms with Crippen LogP contribution in [-0.4, -0.2) is 35.4 Å². The largest absolute Gasteiger partial charge is 0.497 e. The van der Waals surface area contributed by atoms with Gasteiger partial charge in [0.25, 0.3) is 5.56 Å². The summed E-state index contributed by atoms with van der Waals surface area (Å²) in [7, 11) is 3.09. The molecule has 0 unspecified atom stereocenters. The first-order chi connectivity index (χ1) is 16.5. The van der Waals surface area contributed by atoms with Crippen molar-refractivity contribution >= 4 is 44.9 Å². The Bertz CT molecular complexity index is 1400. The Labute approximate surface area is 205 Å². The number of benzene rings is 2. The predicted molar refractivity (Wildman–Crippen MR) is 138 cm³/mol. The van der Waals surface area contributed by atoms with E-state index in [0.717, 1.165) is 10.4 Å². The van der Waals surface area contributed by atoms with Gasteiger partial charge in [0, 0.05) is 17.5 Å². The molecule has 1 N–H and O–H groups in total. The third-order valence-corrected chi connectivity index (χ3v) is 7.05. The first-order valence-corrected chi connectivity index (χ1v) is 12.2. The molecule has 0 fully saturated rings. The van der Waals surface area contributed by atoms with Crippen LogP contribution in [0.1, 0.15) is 0 Å². The second kappa shape index (κ2) is 10.6. The van der Waals surface area contributed by atoms with Crippen LogP contribution in [0.15, 0.2) is 77.2 Å². The van der Waals surface area contributed by atoms with Crippen molar-refractivity contribution in [2.24, 2.45) is 0 Å². The minimum Gasteiger partial charge on any atom is -0.497 e. The fourth-order valence-corrected chi connectivity index (χ4v) is 5.26. The summed E-state index contributed by atoms with van der Waals surface area (Å²) < 4.78 is 12.1. The molecule has 0 saturated carbocycles. The smallest absolute Gasteiger partial charge is 0.263 e. The average Bonchev–Trinajstić information content (AvgIpc) is 3.30. The molecule has 1 amide bonds. The summed E-state index contributed by atoms with van der Waals surface area (Å²) >= 11 is 2.66. The van der Waals surface area contributed by atoms with Gasteiger partial charge in [-0.1, -0.05) is 48.2 Å². The highest BCUT2D eigenvalue weighted by Gasteiger charge is 2.17. The number of anilines is 1. The Morgan fingerprint density at radius 2 is 1.97 bits per heavy atom. The third kappa shape index (κ3) is 5.00. The summed E-state index contributed by atoms with van der Waals surface area (Å²) in [5.41, 5.74) is 1.38. The lowest BCUT2D eigenvalue weighted by molar-refractivity contribution is -0.113. The van der Waals surface area contributed by atoms with Crippen LogP contribution in [0, 0.1) is 0 Å². The molecule has 0 bridgehead atoms. The number of thiophene rings is 1. The van der Waals surface area contributed by atoms with Gasteiger partial charge in [-0.3, -0.25) is 14.2 Å². The minimum absolute atomic E-state index is 0.0619. The summed E-state index contributed by atoms with van der Waals surface area (Å²) in [6.07, 6.45) is 1.64. The van der Waals surface area contributed by atoms with E-state index in [1.165, 1.54) is 30.2 Å². The monoisotopic (exact) mass is 493 g/mol. The van der Waals surface area contributed by atoms with E-state index in [-0.39, 0.29) is 17.2 Å². The van der Waals surface area contributed by atoms with Gasteiger partial charge in [0.1, 0.15) is 16.3 Å². The summed E-state index contributed by atoms with van der Waals surface area (Å²) in [4.78, 5) is 32.2. The van der Waals surface area contributed by atoms with Crippen LogP contribution in [0.2, 0.25) is 0 Å². The molecule has 2 aromatic heterocycles. The van der Waals surface area contributed by atoms with Crippen molar-refractivity contribution in [3.05, 3.63) is 77.6 Å². The second-order valence-electron chi connectivity index (χ2n) is 7.20. The van der Waals surface area contributed by atoms with Gasteiger partial charge in [-0.15, -0.1) is 17.9 Å². The molecule has 2 heterocycles. The Kier molecular flexibility index (Phi) is 7.34. The fraction of sp³-hybridized carbons (Fsp3) is 0.160. The summed E-state index contributed by atoms with van der Waals surface area (Å²) in [5, 5.41) is 3.86. The number of fused-ring (bicyclic) bond motifs is 1. The highest BCUT2D eigenvalue weighted by atomic mass is 32.2. The van der Waals surface area contributed by atoms with Gasteiger partial charge in [-0.25, -0.2) is 4.98 Å². The Morgan fingerprint density at radius 3 is 2.68 bits per heavy atom. The Hall–Kier alpha value is -3.56. The van der Waals surface area contributed by atoms with Crippen LogP contribution in [0.25, 0.3) is 20.7 Å². The second-order valence-corrected chi connectivity index (χ2v) is 9.17. The van der Waals surface area contributed by atoms with E-state index >= 15 is 0 Å². The maximum Gasteiger partial charge on any atom is 0.263 e. The lowest BCUT2D eigenvalue weighted by atomic mass is 10.2. The van der Waals surface area contributed by atoms with Crippen molar-refractivity contribution in [1.82, 2.24) is 9.55 Å². The number of hydrogen-bond donors (Lipinski definition) is 1. The van der Waals surface area contributed by atoms with Crippen LogP contribution in [-0.2, 0) is 11.3 Å². The van der Waals surface area contributed by atoms with Gasteiger partial charge in [-0.2, -0.15) is 0 Å². The summed E-state index contributed by atoms with van der Waals surface area (Å²) in [6.45, 7) is 4.06. The van der Waals surface area contributed by atoms with Crippen LogP contribution in [0.5, 0.6) is 11.5 Å². The number of rotatable bonds is 9. The highest BCUT2D eigenvalue weighted by Crippen LogP contribution is 2.32. The standard InChI is InChI=1S/C25H23N3O4S2/c1-4-12-28-24(30)18-14-21(16-8-6-5-7-9-16)34-23(18)27-25(28)33-15-22(29)26-19-13-17(31-2)10-11-20(19)32-3/h4-11,13-14H,1,12,15H2,2-3H3,(H,26,29). The molecule has 2 aromatic carbocycles. The molecular formula is C25H23N3O4S2. The maximum atomic E-state index is 13.2. The molecule has 4 rings (SSSR count). The van der Waals surface area contributed by atoms with Crippen LogP contribution < -0.4 is 20.3 Å². The molecule has 0 atom stereocenters. The van der Waals surface area contributed by atoms with Gasteiger partial charge in [-0.05, 0) is 23.8 Å². The molecule has 9 heteroatoms. The van der Waals surface area contributed by atoms with Crippen molar-refractivity contribution in [2.75, 3.05) is 25.3 Å². The molecule has 0 aliphatic heterocycles.